The molecular weight excluding hydrogens is 308 g/mol. The normalized spacial score (nSPS) is 14.2. The number of amides is 1. The van der Waals surface area contributed by atoms with E-state index in [0.29, 0.717) is 17.1 Å². The van der Waals surface area contributed by atoms with Crippen molar-refractivity contribution < 1.29 is 14.5 Å². The van der Waals surface area contributed by atoms with Crippen molar-refractivity contribution in [3.05, 3.63) is 64.2 Å². The topological polar surface area (TPSA) is 72.7 Å². The molecule has 1 aliphatic rings. The molecule has 0 spiro atoms. The number of rotatable bonds is 4. The maximum atomic E-state index is 12.4. The van der Waals surface area contributed by atoms with Crippen LogP contribution in [0.3, 0.4) is 0 Å². The number of ether oxygens (including phenoxy) is 1. The van der Waals surface area contributed by atoms with Crippen molar-refractivity contribution in [1.29, 1.82) is 0 Å². The fraction of sp³-hybridized carbons (Fsp3) is 0.278. The van der Waals surface area contributed by atoms with E-state index in [1.54, 1.807) is 36.4 Å². The number of hydrogen-bond acceptors (Lipinski definition) is 4. The lowest BCUT2D eigenvalue weighted by Gasteiger charge is -2.26. The van der Waals surface area contributed by atoms with E-state index in [1.165, 1.54) is 18.6 Å². The van der Waals surface area contributed by atoms with Crippen LogP contribution < -0.4 is 4.74 Å². The first-order chi connectivity index (χ1) is 11.6. The quantitative estimate of drug-likeness (QED) is 0.628. The van der Waals surface area contributed by atoms with E-state index < -0.39 is 4.92 Å². The predicted octanol–water partition coefficient (Wildman–Crippen LogP) is 4.01. The third kappa shape index (κ3) is 3.71. The Balaban J connectivity index is 1.65. The summed E-state index contributed by atoms with van der Waals surface area (Å²) in [4.78, 5) is 24.5. The van der Waals surface area contributed by atoms with Gasteiger partial charge in [0.05, 0.1) is 4.92 Å². The highest BCUT2D eigenvalue weighted by atomic mass is 16.6. The molecule has 6 heteroatoms. The summed E-state index contributed by atoms with van der Waals surface area (Å²) in [6, 6.07) is 12.8. The molecule has 0 unspecified atom stereocenters. The van der Waals surface area contributed by atoms with Crippen molar-refractivity contribution >= 4 is 11.6 Å². The molecule has 0 saturated carbocycles. The van der Waals surface area contributed by atoms with Crippen LogP contribution in [0.25, 0.3) is 0 Å². The minimum absolute atomic E-state index is 0.0184. The number of hydrogen-bond donors (Lipinski definition) is 0. The molecule has 2 aromatic rings. The van der Waals surface area contributed by atoms with Crippen LogP contribution in [0.15, 0.2) is 48.5 Å². The highest BCUT2D eigenvalue weighted by Gasteiger charge is 2.18. The van der Waals surface area contributed by atoms with Gasteiger partial charge in [-0.15, -0.1) is 0 Å². The summed E-state index contributed by atoms with van der Waals surface area (Å²) in [5.74, 6) is 1.14. The molecule has 0 aliphatic carbocycles. The molecule has 1 amide bonds. The van der Waals surface area contributed by atoms with Crippen molar-refractivity contribution in [3.8, 4) is 11.5 Å². The maximum absolute atomic E-state index is 12.4. The molecule has 2 aromatic carbocycles. The summed E-state index contributed by atoms with van der Waals surface area (Å²) in [5, 5.41) is 10.6. The van der Waals surface area contributed by atoms with E-state index in [4.69, 9.17) is 4.74 Å². The molecule has 1 heterocycles. The van der Waals surface area contributed by atoms with Gasteiger partial charge in [-0.05, 0) is 55.7 Å². The zero-order valence-corrected chi connectivity index (χ0v) is 13.2. The second-order valence-electron chi connectivity index (χ2n) is 5.73. The number of piperidine rings is 1. The number of carbonyl (C=O) groups excluding carboxylic acids is 1. The highest BCUT2D eigenvalue weighted by Crippen LogP contribution is 2.24. The Bertz CT molecular complexity index is 720. The molecule has 0 aromatic heterocycles. The Hall–Kier alpha value is -2.89. The Morgan fingerprint density at radius 1 is 0.917 bits per heavy atom. The maximum Gasteiger partial charge on any atom is 0.269 e. The molecule has 0 N–H and O–H groups in total. The van der Waals surface area contributed by atoms with E-state index in [0.717, 1.165) is 25.9 Å². The monoisotopic (exact) mass is 326 g/mol. The number of benzene rings is 2. The van der Waals surface area contributed by atoms with Gasteiger partial charge in [-0.2, -0.15) is 0 Å². The van der Waals surface area contributed by atoms with Gasteiger partial charge in [-0.1, -0.05) is 0 Å². The first-order valence-corrected chi connectivity index (χ1v) is 7.95. The summed E-state index contributed by atoms with van der Waals surface area (Å²) in [7, 11) is 0. The predicted molar refractivity (Wildman–Crippen MR) is 89.4 cm³/mol. The zero-order chi connectivity index (χ0) is 16.9. The van der Waals surface area contributed by atoms with Gasteiger partial charge in [0.1, 0.15) is 11.5 Å². The van der Waals surface area contributed by atoms with Gasteiger partial charge < -0.3 is 9.64 Å². The van der Waals surface area contributed by atoms with Gasteiger partial charge in [-0.3, -0.25) is 14.9 Å². The minimum atomic E-state index is -0.454. The molecule has 6 nitrogen and oxygen atoms in total. The van der Waals surface area contributed by atoms with Crippen molar-refractivity contribution in [2.45, 2.75) is 19.3 Å². The fourth-order valence-corrected chi connectivity index (χ4v) is 2.72. The smallest absolute Gasteiger partial charge is 0.269 e. The Kier molecular flexibility index (Phi) is 4.74. The van der Waals surface area contributed by atoms with Gasteiger partial charge in [0, 0.05) is 30.8 Å². The van der Waals surface area contributed by atoms with Crippen LogP contribution in [0.5, 0.6) is 11.5 Å². The minimum Gasteiger partial charge on any atom is -0.457 e. The number of non-ortho nitro benzene ring substituents is 1. The summed E-state index contributed by atoms with van der Waals surface area (Å²) < 4.78 is 5.65. The van der Waals surface area contributed by atoms with Crippen LogP contribution in [0.2, 0.25) is 0 Å². The van der Waals surface area contributed by atoms with E-state index in [9.17, 15) is 14.9 Å². The van der Waals surface area contributed by atoms with Crippen LogP contribution in [0.4, 0.5) is 5.69 Å². The highest BCUT2D eigenvalue weighted by molar-refractivity contribution is 5.94. The van der Waals surface area contributed by atoms with Crippen LogP contribution in [0.1, 0.15) is 29.6 Å². The molecule has 124 valence electrons. The molecule has 24 heavy (non-hydrogen) atoms. The molecule has 0 atom stereocenters. The summed E-state index contributed by atoms with van der Waals surface area (Å²) >= 11 is 0. The molecule has 0 bridgehead atoms. The second kappa shape index (κ2) is 7.12. The van der Waals surface area contributed by atoms with E-state index in [1.807, 2.05) is 4.90 Å². The van der Waals surface area contributed by atoms with Crippen LogP contribution in [0, 0.1) is 10.1 Å². The summed E-state index contributed by atoms with van der Waals surface area (Å²) in [6.45, 7) is 1.64. The first kappa shape index (κ1) is 16.0. The van der Waals surface area contributed by atoms with Gasteiger partial charge in [0.15, 0.2) is 0 Å². The van der Waals surface area contributed by atoms with Gasteiger partial charge >= 0.3 is 0 Å². The lowest BCUT2D eigenvalue weighted by Crippen LogP contribution is -2.35. The van der Waals surface area contributed by atoms with Crippen LogP contribution in [-0.4, -0.2) is 28.8 Å². The molecule has 1 fully saturated rings. The Labute approximate surface area is 139 Å². The van der Waals surface area contributed by atoms with E-state index >= 15 is 0 Å². The third-order valence-corrected chi connectivity index (χ3v) is 4.03. The molecular formula is C18H18N2O4. The molecule has 0 radical (unpaired) electrons. The Morgan fingerprint density at radius 3 is 2.00 bits per heavy atom. The average molecular weight is 326 g/mol. The summed E-state index contributed by atoms with van der Waals surface area (Å²) in [6.07, 6.45) is 3.31. The number of nitro groups is 1. The zero-order valence-electron chi connectivity index (χ0n) is 13.2. The number of nitro benzene ring substituents is 1. The van der Waals surface area contributed by atoms with Crippen molar-refractivity contribution in [3.63, 3.8) is 0 Å². The third-order valence-electron chi connectivity index (χ3n) is 4.03. The largest absolute Gasteiger partial charge is 0.457 e. The van der Waals surface area contributed by atoms with Gasteiger partial charge in [0.25, 0.3) is 11.6 Å². The lowest BCUT2D eigenvalue weighted by atomic mass is 10.1. The van der Waals surface area contributed by atoms with E-state index in [-0.39, 0.29) is 11.6 Å². The van der Waals surface area contributed by atoms with Crippen molar-refractivity contribution in [2.75, 3.05) is 13.1 Å². The number of carbonyl (C=O) groups is 1. The first-order valence-electron chi connectivity index (χ1n) is 7.95. The standard InChI is InChI=1S/C18H18N2O4/c21-18(19-12-2-1-3-13-19)14-4-8-16(9-5-14)24-17-10-6-15(7-11-17)20(22)23/h4-11H,1-3,12-13H2. The second-order valence-corrected chi connectivity index (χ2v) is 5.73. The molecule has 3 rings (SSSR count). The fourth-order valence-electron chi connectivity index (χ4n) is 2.72. The average Bonchev–Trinajstić information content (AvgIpc) is 2.63. The number of likely N-dealkylation sites (tertiary alicyclic amines) is 1. The van der Waals surface area contributed by atoms with Crippen molar-refractivity contribution in [1.82, 2.24) is 4.90 Å². The van der Waals surface area contributed by atoms with Gasteiger partial charge in [0.2, 0.25) is 0 Å². The number of nitrogens with zero attached hydrogens (tertiary/aromatic N) is 2. The SMILES string of the molecule is O=C(c1ccc(Oc2ccc([N+](=O)[O-])cc2)cc1)N1CCCCC1. The van der Waals surface area contributed by atoms with Crippen molar-refractivity contribution in [2.24, 2.45) is 0 Å². The Morgan fingerprint density at radius 2 is 1.46 bits per heavy atom. The summed E-state index contributed by atoms with van der Waals surface area (Å²) in [5.41, 5.74) is 0.665. The molecule has 1 saturated heterocycles. The molecule has 1 aliphatic heterocycles. The van der Waals surface area contributed by atoms with Crippen LogP contribution in [-0.2, 0) is 0 Å². The lowest BCUT2D eigenvalue weighted by molar-refractivity contribution is -0.384. The van der Waals surface area contributed by atoms with Gasteiger partial charge in [-0.25, -0.2) is 0 Å². The van der Waals surface area contributed by atoms with Crippen LogP contribution >= 0.6 is 0 Å². The van der Waals surface area contributed by atoms with E-state index in [2.05, 4.69) is 0 Å².